The third-order valence-corrected chi connectivity index (χ3v) is 7.42. The lowest BCUT2D eigenvalue weighted by Crippen LogP contribution is -2.34. The lowest BCUT2D eigenvalue weighted by atomic mass is 9.76. The summed E-state index contributed by atoms with van der Waals surface area (Å²) in [5.74, 6) is -1.15. The number of carbonyl (C=O) groups excluding carboxylic acids is 2. The zero-order valence-corrected chi connectivity index (χ0v) is 20.0. The Kier molecular flexibility index (Phi) is 4.38. The standard InChI is InChI=1S/C25H19Cl2N3O4/c1-30-10-25(14-9-12(27)5-7-16(14)30)19-18(20(23(31)33-2)29-21(19)24(32)34-3)17-13-8-11(26)4-6-15(13)28-22(17)25/h4-9,28-29H,10H2,1-3H3/t25-/m1/s1. The number of benzene rings is 2. The molecule has 9 heteroatoms. The van der Waals surface area contributed by atoms with E-state index in [-0.39, 0.29) is 11.4 Å². The van der Waals surface area contributed by atoms with Crippen molar-refractivity contribution in [2.75, 3.05) is 32.7 Å². The molecule has 0 unspecified atom stereocenters. The predicted molar refractivity (Wildman–Crippen MR) is 130 cm³/mol. The fraction of sp³-hybridized carbons (Fsp3) is 0.200. The Balaban J connectivity index is 1.83. The number of esters is 2. The van der Waals surface area contributed by atoms with Crippen LogP contribution in [0, 0.1) is 0 Å². The second kappa shape index (κ2) is 7.04. The summed E-state index contributed by atoms with van der Waals surface area (Å²) >= 11 is 12.8. The number of halogens is 2. The van der Waals surface area contributed by atoms with E-state index in [9.17, 15) is 9.59 Å². The van der Waals surface area contributed by atoms with Crippen molar-refractivity contribution in [1.29, 1.82) is 0 Å². The van der Waals surface area contributed by atoms with E-state index in [1.165, 1.54) is 14.2 Å². The second-order valence-corrected chi connectivity index (χ2v) is 9.47. The number of aromatic amines is 2. The van der Waals surface area contributed by atoms with E-state index in [0.717, 1.165) is 33.4 Å². The molecule has 1 aliphatic heterocycles. The summed E-state index contributed by atoms with van der Waals surface area (Å²) < 4.78 is 10.2. The van der Waals surface area contributed by atoms with E-state index < -0.39 is 17.4 Å². The van der Waals surface area contributed by atoms with Crippen LogP contribution in [0.4, 0.5) is 5.69 Å². The molecule has 0 fully saturated rings. The maximum Gasteiger partial charge on any atom is 0.355 e. The van der Waals surface area contributed by atoms with Gasteiger partial charge in [0, 0.05) is 62.6 Å². The number of hydrogen-bond donors (Lipinski definition) is 2. The smallest absolute Gasteiger partial charge is 0.355 e. The number of nitrogens with one attached hydrogen (secondary N) is 2. The first-order valence-corrected chi connectivity index (χ1v) is 11.3. The van der Waals surface area contributed by atoms with Crippen LogP contribution < -0.4 is 4.90 Å². The molecule has 3 heterocycles. The van der Waals surface area contributed by atoms with E-state index in [1.807, 2.05) is 43.4 Å². The second-order valence-electron chi connectivity index (χ2n) is 8.60. The minimum atomic E-state index is -0.808. The van der Waals surface area contributed by atoms with Gasteiger partial charge in [-0.05, 0) is 42.0 Å². The zero-order valence-electron chi connectivity index (χ0n) is 18.5. The van der Waals surface area contributed by atoms with E-state index in [2.05, 4.69) is 14.9 Å². The average Bonchev–Trinajstić information content (AvgIpc) is 3.53. The molecule has 2 aromatic heterocycles. The SMILES string of the molecule is COC(=O)c1[nH]c(C(=O)OC)c2c1-c1c([nH]c3ccc(Cl)cc13)[C@@]21CN(C)c2ccc(Cl)cc21. The van der Waals surface area contributed by atoms with E-state index in [4.69, 9.17) is 32.7 Å². The number of methoxy groups -OCH3 is 2. The molecule has 0 amide bonds. The van der Waals surface area contributed by atoms with Crippen molar-refractivity contribution in [2.45, 2.75) is 5.41 Å². The molecule has 2 N–H and O–H groups in total. The van der Waals surface area contributed by atoms with Crippen LogP contribution in [-0.2, 0) is 14.9 Å². The van der Waals surface area contributed by atoms with Gasteiger partial charge in [0.25, 0.3) is 0 Å². The summed E-state index contributed by atoms with van der Waals surface area (Å²) in [6, 6.07) is 11.3. The van der Waals surface area contributed by atoms with Gasteiger partial charge in [0.05, 0.1) is 19.6 Å². The first kappa shape index (κ1) is 21.1. The molecule has 6 rings (SSSR count). The largest absolute Gasteiger partial charge is 0.464 e. The molecule has 7 nitrogen and oxygen atoms in total. The summed E-state index contributed by atoms with van der Waals surface area (Å²) in [6.07, 6.45) is 0. The fourth-order valence-electron chi connectivity index (χ4n) is 5.69. The summed E-state index contributed by atoms with van der Waals surface area (Å²) in [6.45, 7) is 0.520. The number of H-pyrrole nitrogens is 2. The monoisotopic (exact) mass is 495 g/mol. The minimum Gasteiger partial charge on any atom is -0.464 e. The lowest BCUT2D eigenvalue weighted by molar-refractivity contribution is 0.0589. The highest BCUT2D eigenvalue weighted by atomic mass is 35.5. The minimum absolute atomic E-state index is 0.190. The Bertz CT molecular complexity index is 1550. The molecule has 1 spiro atoms. The normalized spacial score (nSPS) is 17.7. The number of ether oxygens (including phenoxy) is 2. The van der Waals surface area contributed by atoms with Gasteiger partial charge in [-0.3, -0.25) is 0 Å². The average molecular weight is 496 g/mol. The highest BCUT2D eigenvalue weighted by Gasteiger charge is 2.56. The van der Waals surface area contributed by atoms with Crippen molar-refractivity contribution in [3.05, 3.63) is 74.7 Å². The maximum atomic E-state index is 13.0. The van der Waals surface area contributed by atoms with Crippen LogP contribution in [0.5, 0.6) is 0 Å². The highest BCUT2D eigenvalue weighted by molar-refractivity contribution is 6.32. The van der Waals surface area contributed by atoms with Crippen LogP contribution in [-0.4, -0.2) is 49.7 Å². The Morgan fingerprint density at radius 2 is 1.62 bits per heavy atom. The molecule has 172 valence electrons. The number of aromatic nitrogens is 2. The van der Waals surface area contributed by atoms with Crippen molar-refractivity contribution in [3.63, 3.8) is 0 Å². The van der Waals surface area contributed by atoms with Crippen LogP contribution in [0.3, 0.4) is 0 Å². The maximum absolute atomic E-state index is 13.0. The predicted octanol–water partition coefficient (Wildman–Crippen LogP) is 5.14. The van der Waals surface area contributed by atoms with Crippen molar-refractivity contribution in [3.8, 4) is 11.1 Å². The Morgan fingerprint density at radius 3 is 2.35 bits per heavy atom. The third kappa shape index (κ3) is 2.48. The molecule has 2 aromatic carbocycles. The summed E-state index contributed by atoms with van der Waals surface area (Å²) in [5.41, 5.74) is 5.32. The van der Waals surface area contributed by atoms with Gasteiger partial charge in [-0.2, -0.15) is 0 Å². The van der Waals surface area contributed by atoms with Gasteiger partial charge in [-0.1, -0.05) is 23.2 Å². The topological polar surface area (TPSA) is 87.4 Å². The van der Waals surface area contributed by atoms with Gasteiger partial charge in [0.15, 0.2) is 0 Å². The van der Waals surface area contributed by atoms with Crippen molar-refractivity contribution >= 4 is 51.7 Å². The molecule has 0 bridgehead atoms. The third-order valence-electron chi connectivity index (χ3n) is 6.95. The molecule has 1 atom stereocenters. The van der Waals surface area contributed by atoms with Crippen LogP contribution in [0.1, 0.15) is 37.8 Å². The Morgan fingerprint density at radius 1 is 0.941 bits per heavy atom. The lowest BCUT2D eigenvalue weighted by Gasteiger charge is -2.27. The van der Waals surface area contributed by atoms with Gasteiger partial charge >= 0.3 is 11.9 Å². The first-order chi connectivity index (χ1) is 16.3. The summed E-state index contributed by atoms with van der Waals surface area (Å²) in [5, 5.41) is 1.98. The van der Waals surface area contributed by atoms with E-state index >= 15 is 0 Å². The van der Waals surface area contributed by atoms with E-state index in [1.54, 1.807) is 0 Å². The zero-order chi connectivity index (χ0) is 23.9. The molecule has 0 saturated carbocycles. The summed E-state index contributed by atoms with van der Waals surface area (Å²) in [7, 11) is 4.61. The number of anilines is 1. The number of fused-ring (bicyclic) bond motifs is 9. The molecular formula is C25H19Cl2N3O4. The van der Waals surface area contributed by atoms with Gasteiger partial charge in [-0.25, -0.2) is 9.59 Å². The molecule has 0 radical (unpaired) electrons. The Hall–Kier alpha value is -3.42. The number of hydrogen-bond acceptors (Lipinski definition) is 5. The number of rotatable bonds is 2. The molecule has 4 aromatic rings. The van der Waals surface area contributed by atoms with Crippen LogP contribution >= 0.6 is 23.2 Å². The summed E-state index contributed by atoms with van der Waals surface area (Å²) in [4.78, 5) is 34.7. The number of carbonyl (C=O) groups is 2. The van der Waals surface area contributed by atoms with Crippen LogP contribution in [0.15, 0.2) is 36.4 Å². The molecular weight excluding hydrogens is 477 g/mol. The highest BCUT2D eigenvalue weighted by Crippen LogP contribution is 2.61. The van der Waals surface area contributed by atoms with Crippen molar-refractivity contribution < 1.29 is 19.1 Å². The Labute approximate surface area is 204 Å². The van der Waals surface area contributed by atoms with Gasteiger partial charge in [0.1, 0.15) is 11.4 Å². The van der Waals surface area contributed by atoms with Gasteiger partial charge in [-0.15, -0.1) is 0 Å². The van der Waals surface area contributed by atoms with Crippen molar-refractivity contribution in [1.82, 2.24) is 9.97 Å². The van der Waals surface area contributed by atoms with E-state index in [0.29, 0.717) is 27.7 Å². The van der Waals surface area contributed by atoms with Crippen molar-refractivity contribution in [2.24, 2.45) is 0 Å². The quantitative estimate of drug-likeness (QED) is 0.376. The molecule has 34 heavy (non-hydrogen) atoms. The number of nitrogens with zero attached hydrogens (tertiary/aromatic N) is 1. The first-order valence-electron chi connectivity index (χ1n) is 10.6. The van der Waals surface area contributed by atoms with Gasteiger partial charge in [0.2, 0.25) is 0 Å². The molecule has 0 saturated heterocycles. The van der Waals surface area contributed by atoms with Crippen LogP contribution in [0.25, 0.3) is 22.0 Å². The fourth-order valence-corrected chi connectivity index (χ4v) is 6.04. The molecule has 1 aliphatic carbocycles. The number of likely N-dealkylation sites (N-methyl/N-ethyl adjacent to an activating group) is 1. The van der Waals surface area contributed by atoms with Crippen LogP contribution in [0.2, 0.25) is 10.0 Å². The molecule has 2 aliphatic rings. The van der Waals surface area contributed by atoms with Gasteiger partial charge < -0.3 is 24.3 Å².